The van der Waals surface area contributed by atoms with Crippen LogP contribution < -0.4 is 4.87 Å². The predicted molar refractivity (Wildman–Crippen MR) is 99.6 cm³/mol. The van der Waals surface area contributed by atoms with E-state index in [0.717, 1.165) is 33.5 Å². The van der Waals surface area contributed by atoms with Crippen molar-refractivity contribution in [2.75, 3.05) is 26.2 Å². The van der Waals surface area contributed by atoms with Crippen LogP contribution in [0.2, 0.25) is 0 Å². The van der Waals surface area contributed by atoms with Crippen LogP contribution in [0.25, 0.3) is 0 Å². The zero-order valence-corrected chi connectivity index (χ0v) is 16.7. The molecule has 0 aliphatic carbocycles. The average molecular weight is 431 g/mol. The predicted octanol–water partition coefficient (Wildman–Crippen LogP) is 1.42. The highest BCUT2D eigenvalue weighted by molar-refractivity contribution is 7.89. The molecule has 28 heavy (non-hydrogen) atoms. The highest BCUT2D eigenvalue weighted by Crippen LogP contribution is 2.22. The van der Waals surface area contributed by atoms with E-state index >= 15 is 0 Å². The fourth-order valence-electron chi connectivity index (χ4n) is 3.03. The maximum Gasteiger partial charge on any atom is 0.307 e. The summed E-state index contributed by atoms with van der Waals surface area (Å²) in [6.07, 6.45) is 0.128. The van der Waals surface area contributed by atoms with E-state index in [1.54, 1.807) is 12.3 Å². The number of nitrogens with zero attached hydrogens (tertiary/aromatic N) is 3. The lowest BCUT2D eigenvalue weighted by atomic mass is 10.3. The standard InChI is InChI=1S/C17H19F2N3O4S2/c1-12-11-27-17(24)22(12)5-4-16(23)20-6-8-21(9-7-20)28(25,26)15-10-13(18)2-3-14(15)19/h2-3,10-11H,4-9H2,1H3. The van der Waals surface area contributed by atoms with Crippen molar-refractivity contribution in [1.82, 2.24) is 13.8 Å². The van der Waals surface area contributed by atoms with E-state index in [2.05, 4.69) is 0 Å². The molecule has 0 spiro atoms. The summed E-state index contributed by atoms with van der Waals surface area (Å²) in [5.41, 5.74) is 0.788. The number of hydrogen-bond acceptors (Lipinski definition) is 5. The van der Waals surface area contributed by atoms with E-state index in [1.165, 1.54) is 9.47 Å². The average Bonchev–Trinajstić information content (AvgIpc) is 2.99. The minimum Gasteiger partial charge on any atom is -0.340 e. The summed E-state index contributed by atoms with van der Waals surface area (Å²) in [7, 11) is -4.19. The first-order chi connectivity index (χ1) is 13.2. The fourth-order valence-corrected chi connectivity index (χ4v) is 5.29. The number of thiazole rings is 1. The largest absolute Gasteiger partial charge is 0.340 e. The molecule has 1 aromatic heterocycles. The molecule has 0 bridgehead atoms. The number of benzene rings is 1. The lowest BCUT2D eigenvalue weighted by Gasteiger charge is -2.34. The van der Waals surface area contributed by atoms with E-state index in [9.17, 15) is 26.8 Å². The number of carbonyl (C=O) groups is 1. The Hall–Kier alpha value is -2.11. The van der Waals surface area contributed by atoms with Crippen molar-refractivity contribution >= 4 is 27.3 Å². The SMILES string of the molecule is Cc1csc(=O)n1CCC(=O)N1CCN(S(=O)(=O)c2cc(F)ccc2F)CC1. The first kappa shape index (κ1) is 20.6. The van der Waals surface area contributed by atoms with Crippen LogP contribution in [-0.4, -0.2) is 54.3 Å². The topological polar surface area (TPSA) is 79.7 Å². The number of aromatic nitrogens is 1. The van der Waals surface area contributed by atoms with Crippen LogP contribution in [0.1, 0.15) is 12.1 Å². The van der Waals surface area contributed by atoms with Crippen molar-refractivity contribution in [1.29, 1.82) is 0 Å². The number of amides is 1. The monoisotopic (exact) mass is 431 g/mol. The van der Waals surface area contributed by atoms with E-state index in [1.807, 2.05) is 0 Å². The van der Waals surface area contributed by atoms with Crippen molar-refractivity contribution in [3.63, 3.8) is 0 Å². The third kappa shape index (κ3) is 4.15. The molecule has 0 saturated carbocycles. The third-order valence-electron chi connectivity index (χ3n) is 4.63. The van der Waals surface area contributed by atoms with Crippen LogP contribution in [-0.2, 0) is 21.4 Å². The molecule has 2 heterocycles. The highest BCUT2D eigenvalue weighted by Gasteiger charge is 2.32. The smallest absolute Gasteiger partial charge is 0.307 e. The summed E-state index contributed by atoms with van der Waals surface area (Å²) in [6, 6.07) is 2.28. The summed E-state index contributed by atoms with van der Waals surface area (Å²) in [5.74, 6) is -2.05. The number of aryl methyl sites for hydroxylation is 1. The first-order valence-electron chi connectivity index (χ1n) is 8.58. The Morgan fingerprint density at radius 3 is 2.46 bits per heavy atom. The highest BCUT2D eigenvalue weighted by atomic mass is 32.2. The lowest BCUT2D eigenvalue weighted by molar-refractivity contribution is -0.132. The Balaban J connectivity index is 1.61. The Labute approximate surface area is 164 Å². The molecular weight excluding hydrogens is 412 g/mol. The fraction of sp³-hybridized carbons (Fsp3) is 0.412. The number of rotatable bonds is 5. The maximum absolute atomic E-state index is 13.9. The summed E-state index contributed by atoms with van der Waals surface area (Å²) >= 11 is 1.07. The molecule has 1 saturated heterocycles. The molecule has 7 nitrogen and oxygen atoms in total. The molecule has 0 radical (unpaired) electrons. The van der Waals surface area contributed by atoms with Crippen LogP contribution >= 0.6 is 11.3 Å². The summed E-state index contributed by atoms with van der Waals surface area (Å²) in [5, 5.41) is 1.72. The van der Waals surface area contributed by atoms with Gasteiger partial charge in [-0.2, -0.15) is 4.31 Å². The number of hydrogen-bond donors (Lipinski definition) is 0. The van der Waals surface area contributed by atoms with E-state index in [0.29, 0.717) is 6.07 Å². The van der Waals surface area contributed by atoms with Gasteiger partial charge in [-0.25, -0.2) is 17.2 Å². The number of halogens is 2. The van der Waals surface area contributed by atoms with Crippen molar-refractivity contribution in [2.24, 2.45) is 0 Å². The number of sulfonamides is 1. The molecular formula is C17H19F2N3O4S2. The molecule has 1 aromatic carbocycles. The molecule has 0 N–H and O–H groups in total. The van der Waals surface area contributed by atoms with Gasteiger partial charge in [0, 0.05) is 50.2 Å². The zero-order chi connectivity index (χ0) is 20.5. The van der Waals surface area contributed by atoms with Gasteiger partial charge in [0.25, 0.3) is 0 Å². The molecule has 0 unspecified atom stereocenters. The molecule has 2 aromatic rings. The normalized spacial score (nSPS) is 15.8. The molecule has 1 amide bonds. The van der Waals surface area contributed by atoms with Gasteiger partial charge >= 0.3 is 4.87 Å². The maximum atomic E-state index is 13.9. The quantitative estimate of drug-likeness (QED) is 0.717. The van der Waals surface area contributed by atoms with Crippen LogP contribution in [0.3, 0.4) is 0 Å². The molecule has 11 heteroatoms. The Morgan fingerprint density at radius 2 is 1.86 bits per heavy atom. The zero-order valence-electron chi connectivity index (χ0n) is 15.1. The van der Waals surface area contributed by atoms with E-state index in [-0.39, 0.29) is 49.9 Å². The van der Waals surface area contributed by atoms with Crippen LogP contribution in [0, 0.1) is 18.6 Å². The van der Waals surface area contributed by atoms with Gasteiger partial charge in [-0.1, -0.05) is 11.3 Å². The van der Waals surface area contributed by atoms with Gasteiger partial charge < -0.3 is 9.47 Å². The minimum absolute atomic E-state index is 0.0124. The van der Waals surface area contributed by atoms with E-state index in [4.69, 9.17) is 0 Å². The van der Waals surface area contributed by atoms with Gasteiger partial charge in [0.2, 0.25) is 15.9 Å². The molecule has 1 fully saturated rings. The second-order valence-corrected chi connectivity index (χ2v) is 9.13. The molecule has 1 aliphatic rings. The van der Waals surface area contributed by atoms with Crippen molar-refractivity contribution in [3.05, 3.63) is 50.6 Å². The summed E-state index contributed by atoms with van der Waals surface area (Å²) in [4.78, 5) is 24.8. The Bertz CT molecular complexity index is 1040. The first-order valence-corrected chi connectivity index (χ1v) is 10.9. The van der Waals surface area contributed by atoms with Gasteiger partial charge in [-0.3, -0.25) is 9.59 Å². The lowest BCUT2D eigenvalue weighted by Crippen LogP contribution is -2.50. The van der Waals surface area contributed by atoms with Gasteiger partial charge in [0.15, 0.2) is 0 Å². The summed E-state index contributed by atoms with van der Waals surface area (Å²) < 4.78 is 54.9. The van der Waals surface area contributed by atoms with Gasteiger partial charge in [-0.15, -0.1) is 0 Å². The van der Waals surface area contributed by atoms with Gasteiger partial charge in [0.1, 0.15) is 16.5 Å². The molecule has 152 valence electrons. The van der Waals surface area contributed by atoms with Crippen molar-refractivity contribution < 1.29 is 22.0 Å². The molecule has 0 atom stereocenters. The second kappa shape index (κ2) is 8.10. The van der Waals surface area contributed by atoms with Crippen LogP contribution in [0.15, 0.2) is 33.3 Å². The Kier molecular flexibility index (Phi) is 5.96. The molecule has 1 aliphatic heterocycles. The summed E-state index contributed by atoms with van der Waals surface area (Å²) in [6.45, 7) is 2.32. The number of piperazine rings is 1. The van der Waals surface area contributed by atoms with Crippen LogP contribution in [0.4, 0.5) is 8.78 Å². The van der Waals surface area contributed by atoms with Gasteiger partial charge in [-0.05, 0) is 25.1 Å². The van der Waals surface area contributed by atoms with E-state index < -0.39 is 26.6 Å². The van der Waals surface area contributed by atoms with Crippen molar-refractivity contribution in [3.8, 4) is 0 Å². The minimum atomic E-state index is -4.19. The number of carbonyl (C=O) groups excluding carboxylic acids is 1. The molecule has 3 rings (SSSR count). The van der Waals surface area contributed by atoms with Gasteiger partial charge in [0.05, 0.1) is 0 Å². The van der Waals surface area contributed by atoms with Crippen molar-refractivity contribution in [2.45, 2.75) is 24.8 Å². The second-order valence-electron chi connectivity index (χ2n) is 6.40. The van der Waals surface area contributed by atoms with Crippen LogP contribution in [0.5, 0.6) is 0 Å². The third-order valence-corrected chi connectivity index (χ3v) is 7.42. The Morgan fingerprint density at radius 1 is 1.18 bits per heavy atom.